The summed E-state index contributed by atoms with van der Waals surface area (Å²) in [5, 5.41) is 3.32. The van der Waals surface area contributed by atoms with Gasteiger partial charge < -0.3 is 10.2 Å². The monoisotopic (exact) mass is 365 g/mol. The molecule has 1 heterocycles. The fraction of sp³-hybridized carbons (Fsp3) is 0.143. The van der Waals surface area contributed by atoms with Gasteiger partial charge in [-0.15, -0.1) is 0 Å². The van der Waals surface area contributed by atoms with Crippen LogP contribution in [-0.2, 0) is 6.54 Å². The molecular weight excluding hydrogens is 346 g/mol. The molecule has 26 heavy (non-hydrogen) atoms. The van der Waals surface area contributed by atoms with Crippen LogP contribution < -0.4 is 10.2 Å². The topological polar surface area (TPSA) is 45.2 Å². The molecule has 0 radical (unpaired) electrons. The fourth-order valence-corrected chi connectivity index (χ4v) is 2.85. The van der Waals surface area contributed by atoms with Crippen LogP contribution >= 0.6 is 11.6 Å². The molecule has 0 bridgehead atoms. The number of halogens is 1. The fourth-order valence-electron chi connectivity index (χ4n) is 2.65. The molecule has 1 aromatic heterocycles. The number of hydrogen-bond donors (Lipinski definition) is 1. The Morgan fingerprint density at radius 1 is 1.08 bits per heavy atom. The maximum absolute atomic E-state index is 12.3. The molecule has 0 aliphatic carbocycles. The minimum absolute atomic E-state index is 0.232. The van der Waals surface area contributed by atoms with Crippen LogP contribution in [0, 0.1) is 0 Å². The molecule has 3 rings (SSSR count). The number of amides is 1. The molecular formula is C21H20ClN3O. The molecule has 0 unspecified atom stereocenters. The van der Waals surface area contributed by atoms with Crippen molar-refractivity contribution in [1.29, 1.82) is 0 Å². The molecule has 0 saturated carbocycles. The zero-order valence-corrected chi connectivity index (χ0v) is 15.3. The van der Waals surface area contributed by atoms with Gasteiger partial charge in [0.2, 0.25) is 0 Å². The Morgan fingerprint density at radius 3 is 2.54 bits per heavy atom. The summed E-state index contributed by atoms with van der Waals surface area (Å²) in [6.45, 7) is 3.79. The van der Waals surface area contributed by atoms with Crippen molar-refractivity contribution >= 4 is 29.0 Å². The second-order valence-electron chi connectivity index (χ2n) is 5.87. The van der Waals surface area contributed by atoms with E-state index in [9.17, 15) is 4.79 Å². The van der Waals surface area contributed by atoms with Crippen LogP contribution in [0.3, 0.4) is 0 Å². The molecule has 1 amide bonds. The summed E-state index contributed by atoms with van der Waals surface area (Å²) >= 11 is 5.93. The van der Waals surface area contributed by atoms with Gasteiger partial charge in [-0.2, -0.15) is 0 Å². The van der Waals surface area contributed by atoms with Crippen LogP contribution in [0.1, 0.15) is 22.8 Å². The number of anilines is 2. The molecule has 5 heteroatoms. The summed E-state index contributed by atoms with van der Waals surface area (Å²) in [5.41, 5.74) is 2.76. The molecule has 0 atom stereocenters. The maximum Gasteiger partial charge on any atom is 0.256 e. The lowest BCUT2D eigenvalue weighted by atomic mass is 10.2. The van der Waals surface area contributed by atoms with Crippen molar-refractivity contribution in [1.82, 2.24) is 4.98 Å². The van der Waals surface area contributed by atoms with Gasteiger partial charge in [-0.05, 0) is 42.8 Å². The Kier molecular flexibility index (Phi) is 5.87. The van der Waals surface area contributed by atoms with Crippen molar-refractivity contribution < 1.29 is 4.79 Å². The lowest BCUT2D eigenvalue weighted by Gasteiger charge is -2.23. The van der Waals surface area contributed by atoms with Crippen LogP contribution in [0.15, 0.2) is 72.9 Å². The number of nitrogens with one attached hydrogen (secondary N) is 1. The van der Waals surface area contributed by atoms with Gasteiger partial charge >= 0.3 is 0 Å². The molecule has 4 nitrogen and oxygen atoms in total. The summed E-state index contributed by atoms with van der Waals surface area (Å²) in [7, 11) is 0. The van der Waals surface area contributed by atoms with E-state index in [4.69, 9.17) is 11.6 Å². The highest BCUT2D eigenvalue weighted by Crippen LogP contribution is 2.18. The van der Waals surface area contributed by atoms with Gasteiger partial charge in [0.1, 0.15) is 5.82 Å². The lowest BCUT2D eigenvalue weighted by Crippen LogP contribution is -2.22. The highest BCUT2D eigenvalue weighted by atomic mass is 35.5. The standard InChI is InChI=1S/C21H20ClN3O/c1-2-25(15-16-7-4-3-5-8-16)19-11-12-20(23-14-19)24-21(26)17-9-6-10-18(22)13-17/h3-14H,2,15H2,1H3,(H,23,24,26). The quantitative estimate of drug-likeness (QED) is 0.667. The minimum Gasteiger partial charge on any atom is -0.366 e. The van der Waals surface area contributed by atoms with Crippen LogP contribution in [0.5, 0.6) is 0 Å². The molecule has 132 valence electrons. The van der Waals surface area contributed by atoms with Gasteiger partial charge in [-0.3, -0.25) is 4.79 Å². The van der Waals surface area contributed by atoms with Gasteiger partial charge in [0.05, 0.1) is 11.9 Å². The van der Waals surface area contributed by atoms with Crippen molar-refractivity contribution in [2.75, 3.05) is 16.8 Å². The third kappa shape index (κ3) is 4.61. The average Bonchev–Trinajstić information content (AvgIpc) is 2.67. The maximum atomic E-state index is 12.3. The summed E-state index contributed by atoms with van der Waals surface area (Å²) in [5.74, 6) is 0.277. The van der Waals surface area contributed by atoms with Crippen LogP contribution in [0.2, 0.25) is 5.02 Å². The number of pyridine rings is 1. The van der Waals surface area contributed by atoms with E-state index in [0.29, 0.717) is 16.4 Å². The van der Waals surface area contributed by atoms with Gasteiger partial charge in [-0.1, -0.05) is 48.0 Å². The van der Waals surface area contributed by atoms with E-state index in [1.165, 1.54) is 5.56 Å². The normalized spacial score (nSPS) is 10.4. The number of carbonyl (C=O) groups excluding carboxylic acids is 1. The molecule has 2 aromatic carbocycles. The van der Waals surface area contributed by atoms with E-state index in [2.05, 4.69) is 34.3 Å². The Hall–Kier alpha value is -2.85. The number of rotatable bonds is 6. The summed E-state index contributed by atoms with van der Waals surface area (Å²) in [6.07, 6.45) is 1.78. The van der Waals surface area contributed by atoms with Gasteiger partial charge in [0, 0.05) is 23.7 Å². The van der Waals surface area contributed by atoms with Crippen LogP contribution in [0.25, 0.3) is 0 Å². The van der Waals surface area contributed by atoms with Crippen LogP contribution in [-0.4, -0.2) is 17.4 Å². The Labute approximate surface area is 158 Å². The van der Waals surface area contributed by atoms with E-state index >= 15 is 0 Å². The van der Waals surface area contributed by atoms with Crippen molar-refractivity contribution in [2.24, 2.45) is 0 Å². The first-order valence-electron chi connectivity index (χ1n) is 8.47. The third-order valence-electron chi connectivity index (χ3n) is 4.04. The SMILES string of the molecule is CCN(Cc1ccccc1)c1ccc(NC(=O)c2cccc(Cl)c2)nc1. The number of aromatic nitrogens is 1. The second-order valence-corrected chi connectivity index (χ2v) is 6.30. The summed E-state index contributed by atoms with van der Waals surface area (Å²) in [6, 6.07) is 20.9. The number of hydrogen-bond acceptors (Lipinski definition) is 3. The molecule has 0 saturated heterocycles. The molecule has 0 aliphatic heterocycles. The zero-order chi connectivity index (χ0) is 18.4. The minimum atomic E-state index is -0.232. The summed E-state index contributed by atoms with van der Waals surface area (Å²) in [4.78, 5) is 18.9. The van der Waals surface area contributed by atoms with Gasteiger partial charge in [0.15, 0.2) is 0 Å². The largest absolute Gasteiger partial charge is 0.366 e. The molecule has 0 spiro atoms. The lowest BCUT2D eigenvalue weighted by molar-refractivity contribution is 0.102. The van der Waals surface area contributed by atoms with Gasteiger partial charge in [-0.25, -0.2) is 4.98 Å². The van der Waals surface area contributed by atoms with E-state index in [1.54, 1.807) is 30.5 Å². The smallest absolute Gasteiger partial charge is 0.256 e. The second kappa shape index (κ2) is 8.50. The van der Waals surface area contributed by atoms with Crippen molar-refractivity contribution in [2.45, 2.75) is 13.5 Å². The zero-order valence-electron chi connectivity index (χ0n) is 14.5. The van der Waals surface area contributed by atoms with Crippen LogP contribution in [0.4, 0.5) is 11.5 Å². The Bertz CT molecular complexity index is 866. The van der Waals surface area contributed by atoms with Crippen molar-refractivity contribution in [3.8, 4) is 0 Å². The first kappa shape index (κ1) is 18.0. The predicted octanol–water partition coefficient (Wildman–Crippen LogP) is 5.01. The van der Waals surface area contributed by atoms with Crippen molar-refractivity contribution in [3.63, 3.8) is 0 Å². The molecule has 0 aliphatic rings. The van der Waals surface area contributed by atoms with Crippen molar-refractivity contribution in [3.05, 3.63) is 89.1 Å². The van der Waals surface area contributed by atoms with E-state index in [-0.39, 0.29) is 5.91 Å². The third-order valence-corrected chi connectivity index (χ3v) is 4.27. The number of benzene rings is 2. The molecule has 0 fully saturated rings. The Morgan fingerprint density at radius 2 is 1.88 bits per heavy atom. The predicted molar refractivity (Wildman–Crippen MR) is 107 cm³/mol. The number of nitrogens with zero attached hydrogens (tertiary/aromatic N) is 2. The molecule has 1 N–H and O–H groups in total. The van der Waals surface area contributed by atoms with Gasteiger partial charge in [0.25, 0.3) is 5.91 Å². The average molecular weight is 366 g/mol. The highest BCUT2D eigenvalue weighted by Gasteiger charge is 2.09. The Balaban J connectivity index is 1.68. The first-order valence-corrected chi connectivity index (χ1v) is 8.85. The number of carbonyl (C=O) groups is 1. The van der Waals surface area contributed by atoms with E-state index < -0.39 is 0 Å². The summed E-state index contributed by atoms with van der Waals surface area (Å²) < 4.78 is 0. The first-order chi connectivity index (χ1) is 12.7. The highest BCUT2D eigenvalue weighted by molar-refractivity contribution is 6.31. The van der Waals surface area contributed by atoms with E-state index in [1.807, 2.05) is 30.3 Å². The molecule has 3 aromatic rings. The van der Waals surface area contributed by atoms with E-state index in [0.717, 1.165) is 18.8 Å².